The van der Waals surface area contributed by atoms with Gasteiger partial charge in [-0.05, 0) is 0 Å². The van der Waals surface area contributed by atoms with Crippen LogP contribution in [0.25, 0.3) is 0 Å². The molecule has 0 unspecified atom stereocenters. The number of phosphoric acid groups is 1. The molecule has 0 aliphatic rings. The fourth-order valence-corrected chi connectivity index (χ4v) is 0.291. The van der Waals surface area contributed by atoms with Crippen LogP contribution in [0.3, 0.4) is 0 Å². The summed E-state index contributed by atoms with van der Waals surface area (Å²) in [5.74, 6) is 0. The first-order valence-corrected chi connectivity index (χ1v) is 2.94. The maximum atomic E-state index is 9.63. The van der Waals surface area contributed by atoms with Gasteiger partial charge in [-0.1, -0.05) is 6.58 Å². The molecule has 0 saturated heterocycles. The molecule has 0 heterocycles. The minimum absolute atomic E-state index is 0. The van der Waals surface area contributed by atoms with E-state index in [1.165, 1.54) is 0 Å². The Morgan fingerprint density at radius 3 is 2.12 bits per heavy atom. The third-order valence-corrected chi connectivity index (χ3v) is 0.636. The first kappa shape index (κ1) is 12.0. The van der Waals surface area contributed by atoms with Crippen molar-refractivity contribution in [1.82, 2.24) is 0 Å². The molecule has 0 aromatic heterocycles. The van der Waals surface area contributed by atoms with Crippen LogP contribution in [0.1, 0.15) is 1.43 Å². The minimum Gasteiger partial charge on any atom is -1.00 e. The van der Waals surface area contributed by atoms with Crippen molar-refractivity contribution in [2.45, 2.75) is 0 Å². The normalized spacial score (nSPS) is 9.25. The predicted molar refractivity (Wildman–Crippen MR) is 24.4 cm³/mol. The largest absolute Gasteiger partial charge is 1.00 e. The Morgan fingerprint density at radius 1 is 1.75 bits per heavy atom. The van der Waals surface area contributed by atoms with Crippen LogP contribution in [0.4, 0.5) is 0 Å². The zero-order valence-electron chi connectivity index (χ0n) is 5.44. The molecule has 4 nitrogen and oxygen atoms in total. The van der Waals surface area contributed by atoms with Crippen molar-refractivity contribution in [1.29, 1.82) is 0 Å². The van der Waals surface area contributed by atoms with Gasteiger partial charge in [0.1, 0.15) is 0 Å². The zero-order chi connectivity index (χ0) is 5.91. The molecule has 0 aliphatic heterocycles. The van der Waals surface area contributed by atoms with Crippen molar-refractivity contribution >= 4 is 7.82 Å². The van der Waals surface area contributed by atoms with Crippen molar-refractivity contribution in [3.8, 4) is 0 Å². The number of hydrogen-bond donors (Lipinski definition) is 2. The van der Waals surface area contributed by atoms with E-state index in [2.05, 4.69) is 11.1 Å². The molecule has 44 valence electrons. The summed E-state index contributed by atoms with van der Waals surface area (Å²) in [6.07, 6.45) is 0.695. The maximum Gasteiger partial charge on any atom is 1.00 e. The van der Waals surface area contributed by atoms with Gasteiger partial charge in [-0.3, -0.25) is 9.79 Å². The Morgan fingerprint density at radius 2 is 2.12 bits per heavy atom. The molecule has 0 spiro atoms. The van der Waals surface area contributed by atoms with Crippen LogP contribution in [-0.4, -0.2) is 9.79 Å². The fourth-order valence-electron chi connectivity index (χ4n) is 0.0971. The summed E-state index contributed by atoms with van der Waals surface area (Å²) in [7, 11) is -4.28. The molecule has 0 aromatic carbocycles. The number of hydrogen-bond acceptors (Lipinski definition) is 2. The maximum absolute atomic E-state index is 9.63. The van der Waals surface area contributed by atoms with Gasteiger partial charge >= 0.3 is 59.2 Å². The summed E-state index contributed by atoms with van der Waals surface area (Å²) < 4.78 is 13.3. The van der Waals surface area contributed by atoms with E-state index < -0.39 is 7.82 Å². The molecule has 6 heteroatoms. The third-order valence-electron chi connectivity index (χ3n) is 0.212. The van der Waals surface area contributed by atoms with Crippen LogP contribution in [0, 0.1) is 0 Å². The predicted octanol–water partition coefficient (Wildman–Crippen LogP) is -2.64. The Balaban J connectivity index is -0.000000180. The SMILES string of the molecule is C=COP(=O)(O)O.[H-].[K+]. The van der Waals surface area contributed by atoms with Crippen molar-refractivity contribution in [3.63, 3.8) is 0 Å². The topological polar surface area (TPSA) is 66.8 Å². The summed E-state index contributed by atoms with van der Waals surface area (Å²) in [5, 5.41) is 0. The molecule has 8 heavy (non-hydrogen) atoms. The van der Waals surface area contributed by atoms with Crippen LogP contribution < -0.4 is 51.4 Å². The third kappa shape index (κ3) is 10.3. The van der Waals surface area contributed by atoms with Gasteiger partial charge in [0.15, 0.2) is 0 Å². The molecule has 0 fully saturated rings. The van der Waals surface area contributed by atoms with Gasteiger partial charge in [0, 0.05) is 0 Å². The van der Waals surface area contributed by atoms with E-state index in [-0.39, 0.29) is 52.8 Å². The molecule has 0 bridgehead atoms. The molecule has 2 N–H and O–H groups in total. The van der Waals surface area contributed by atoms with Gasteiger partial charge in [0.2, 0.25) is 0 Å². The number of phosphoric ester groups is 1. The van der Waals surface area contributed by atoms with Crippen molar-refractivity contribution in [2.24, 2.45) is 0 Å². The van der Waals surface area contributed by atoms with Crippen LogP contribution >= 0.6 is 7.82 Å². The summed E-state index contributed by atoms with van der Waals surface area (Å²) in [6, 6.07) is 0. The van der Waals surface area contributed by atoms with E-state index >= 15 is 0 Å². The van der Waals surface area contributed by atoms with Crippen LogP contribution in [0.5, 0.6) is 0 Å². The zero-order valence-corrected chi connectivity index (χ0v) is 8.46. The fraction of sp³-hybridized carbons (Fsp3) is 0. The van der Waals surface area contributed by atoms with Gasteiger partial charge in [-0.25, -0.2) is 4.57 Å². The second-order valence-corrected chi connectivity index (χ2v) is 1.95. The van der Waals surface area contributed by atoms with E-state index in [4.69, 9.17) is 9.79 Å². The van der Waals surface area contributed by atoms with Gasteiger partial charge in [0.05, 0.1) is 6.26 Å². The standard InChI is InChI=1S/C2H5O4P.K.H/c1-2-6-7(3,4)5;;/h2H,1H2,(H2,3,4,5);;/q;+1;-1. The van der Waals surface area contributed by atoms with Crippen LogP contribution in [-0.2, 0) is 9.09 Å². The van der Waals surface area contributed by atoms with Crippen molar-refractivity contribution < 1.29 is 71.7 Å². The van der Waals surface area contributed by atoms with E-state index in [0.29, 0.717) is 6.26 Å². The van der Waals surface area contributed by atoms with Gasteiger partial charge in [-0.2, -0.15) is 0 Å². The second kappa shape index (κ2) is 5.14. The van der Waals surface area contributed by atoms with E-state index in [9.17, 15) is 4.57 Å². The molecule has 0 saturated carbocycles. The van der Waals surface area contributed by atoms with E-state index in [1.807, 2.05) is 0 Å². The van der Waals surface area contributed by atoms with Gasteiger partial charge < -0.3 is 5.95 Å². The first-order chi connectivity index (χ1) is 3.06. The van der Waals surface area contributed by atoms with Gasteiger partial charge in [0.25, 0.3) is 0 Å². The summed E-state index contributed by atoms with van der Waals surface area (Å²) in [5.41, 5.74) is 0. The Hall–Kier alpha value is 1.33. The average Bonchev–Trinajstić information content (AvgIpc) is 1.30. The molecule has 0 rings (SSSR count). The summed E-state index contributed by atoms with van der Waals surface area (Å²) >= 11 is 0. The van der Waals surface area contributed by atoms with Crippen molar-refractivity contribution in [2.75, 3.05) is 0 Å². The Labute approximate surface area is 91.1 Å². The van der Waals surface area contributed by atoms with Crippen molar-refractivity contribution in [3.05, 3.63) is 12.8 Å². The minimum atomic E-state index is -4.28. The smallest absolute Gasteiger partial charge is 1.00 e. The molecular weight excluding hydrogens is 158 g/mol. The molecular formula is C2H6KO4P. The average molecular weight is 164 g/mol. The first-order valence-electron chi connectivity index (χ1n) is 1.41. The van der Waals surface area contributed by atoms with E-state index in [1.54, 1.807) is 0 Å². The summed E-state index contributed by atoms with van der Waals surface area (Å²) in [4.78, 5) is 15.7. The molecule has 0 atom stereocenters. The second-order valence-electron chi connectivity index (χ2n) is 0.763. The Kier molecular flexibility index (Phi) is 7.74. The molecule has 0 aliphatic carbocycles. The summed E-state index contributed by atoms with van der Waals surface area (Å²) in [6.45, 7) is 2.93. The monoisotopic (exact) mass is 164 g/mol. The number of rotatable bonds is 2. The van der Waals surface area contributed by atoms with Crippen LogP contribution in [0.2, 0.25) is 0 Å². The Bertz CT molecular complexity index is 111. The van der Waals surface area contributed by atoms with E-state index in [0.717, 1.165) is 0 Å². The van der Waals surface area contributed by atoms with Crippen LogP contribution in [0.15, 0.2) is 12.8 Å². The van der Waals surface area contributed by atoms with Gasteiger partial charge in [-0.15, -0.1) is 0 Å². The molecule has 0 aromatic rings. The molecule has 0 radical (unpaired) electrons. The molecule has 0 amide bonds. The quantitative estimate of drug-likeness (QED) is 0.266.